The molecular formula is C21H29N3O2. The first kappa shape index (κ1) is 19.8. The van der Waals surface area contributed by atoms with Crippen LogP contribution in [0.5, 0.6) is 5.75 Å². The van der Waals surface area contributed by atoms with Gasteiger partial charge in [-0.2, -0.15) is 0 Å². The molecule has 1 atom stereocenters. The summed E-state index contributed by atoms with van der Waals surface area (Å²) >= 11 is 0. The van der Waals surface area contributed by atoms with E-state index >= 15 is 0 Å². The Hall–Kier alpha value is -2.53. The van der Waals surface area contributed by atoms with Gasteiger partial charge in [-0.3, -0.25) is 0 Å². The van der Waals surface area contributed by atoms with Crippen molar-refractivity contribution >= 4 is 6.03 Å². The van der Waals surface area contributed by atoms with Gasteiger partial charge in [0.1, 0.15) is 5.75 Å². The van der Waals surface area contributed by atoms with Crippen molar-refractivity contribution < 1.29 is 9.90 Å². The molecule has 0 heterocycles. The lowest BCUT2D eigenvalue weighted by Crippen LogP contribution is -2.50. The topological polar surface area (TPSA) is 64.6 Å². The van der Waals surface area contributed by atoms with Gasteiger partial charge < -0.3 is 20.6 Å². The van der Waals surface area contributed by atoms with E-state index in [1.54, 1.807) is 12.1 Å². The Morgan fingerprint density at radius 1 is 1.08 bits per heavy atom. The number of likely N-dealkylation sites (N-methyl/N-ethyl adjacent to an activating group) is 1. The molecule has 26 heavy (non-hydrogen) atoms. The monoisotopic (exact) mass is 355 g/mol. The third-order valence-electron chi connectivity index (χ3n) is 4.56. The van der Waals surface area contributed by atoms with Crippen LogP contribution in [0.3, 0.4) is 0 Å². The molecule has 5 nitrogen and oxygen atoms in total. The van der Waals surface area contributed by atoms with Gasteiger partial charge in [-0.1, -0.05) is 42.5 Å². The van der Waals surface area contributed by atoms with Crippen LogP contribution in [0.15, 0.2) is 54.6 Å². The number of benzene rings is 2. The molecular weight excluding hydrogens is 326 g/mol. The number of phenolic OH excluding ortho intramolecular Hbond substituents is 1. The van der Waals surface area contributed by atoms with Crippen LogP contribution in [0.25, 0.3) is 0 Å². The molecule has 140 valence electrons. The molecule has 3 N–H and O–H groups in total. The van der Waals surface area contributed by atoms with Crippen LogP contribution in [0, 0.1) is 0 Å². The Labute approximate surface area is 156 Å². The van der Waals surface area contributed by atoms with Crippen molar-refractivity contribution in [3.8, 4) is 5.75 Å². The molecule has 2 amide bonds. The Balaban J connectivity index is 1.91. The highest BCUT2D eigenvalue weighted by molar-refractivity contribution is 5.75. The van der Waals surface area contributed by atoms with Crippen molar-refractivity contribution in [1.82, 2.24) is 15.5 Å². The summed E-state index contributed by atoms with van der Waals surface area (Å²) < 4.78 is 0. The molecule has 0 saturated carbocycles. The van der Waals surface area contributed by atoms with Gasteiger partial charge in [0, 0.05) is 12.6 Å². The van der Waals surface area contributed by atoms with E-state index in [1.165, 1.54) is 0 Å². The lowest BCUT2D eigenvalue weighted by Gasteiger charge is -2.29. The second-order valence-electron chi connectivity index (χ2n) is 7.31. The van der Waals surface area contributed by atoms with Crippen LogP contribution in [-0.4, -0.2) is 42.7 Å². The summed E-state index contributed by atoms with van der Waals surface area (Å²) in [5.41, 5.74) is 1.73. The van der Waals surface area contributed by atoms with Crippen LogP contribution in [0.1, 0.15) is 25.0 Å². The number of rotatable bonds is 7. The number of nitrogens with zero attached hydrogens (tertiary/aromatic N) is 1. The van der Waals surface area contributed by atoms with Crippen LogP contribution in [0.4, 0.5) is 4.79 Å². The van der Waals surface area contributed by atoms with Gasteiger partial charge in [-0.15, -0.1) is 0 Å². The minimum absolute atomic E-state index is 0.158. The maximum Gasteiger partial charge on any atom is 0.315 e. The largest absolute Gasteiger partial charge is 0.508 e. The van der Waals surface area contributed by atoms with E-state index in [9.17, 15) is 9.90 Å². The number of urea groups is 1. The van der Waals surface area contributed by atoms with Crippen LogP contribution in [0.2, 0.25) is 0 Å². The second-order valence-corrected chi connectivity index (χ2v) is 7.31. The summed E-state index contributed by atoms with van der Waals surface area (Å²) in [5, 5.41) is 15.4. The van der Waals surface area contributed by atoms with Crippen molar-refractivity contribution in [2.45, 2.75) is 31.8 Å². The Kier molecular flexibility index (Phi) is 6.64. The highest BCUT2D eigenvalue weighted by Gasteiger charge is 2.23. The molecule has 5 heteroatoms. The molecule has 2 aromatic carbocycles. The normalized spacial score (nSPS) is 12.7. The number of nitrogens with one attached hydrogen (secondary N) is 2. The standard InChI is InChI=1S/C21H29N3O2/c1-21(2,17-8-6-5-7-9-17)23-20(26)22-15-18(24(3)4)14-16-10-12-19(25)13-11-16/h5-13,18,25H,14-15H2,1-4H3,(H2,22,23,26)/t18-/m0/s1. The molecule has 0 saturated heterocycles. The predicted molar refractivity (Wildman–Crippen MR) is 105 cm³/mol. The molecule has 0 aliphatic heterocycles. The van der Waals surface area contributed by atoms with Crippen LogP contribution < -0.4 is 10.6 Å². The Morgan fingerprint density at radius 3 is 2.27 bits per heavy atom. The molecule has 2 aromatic rings. The zero-order valence-corrected chi connectivity index (χ0v) is 16.0. The molecule has 0 unspecified atom stereocenters. The molecule has 0 bridgehead atoms. The molecule has 2 rings (SSSR count). The average Bonchev–Trinajstić information content (AvgIpc) is 2.60. The SMILES string of the molecule is CN(C)[C@H](CNC(=O)NC(C)(C)c1ccccc1)Cc1ccc(O)cc1. The van der Waals surface area contributed by atoms with Gasteiger partial charge in [0.15, 0.2) is 0 Å². The van der Waals surface area contributed by atoms with Gasteiger partial charge in [0.25, 0.3) is 0 Å². The maximum absolute atomic E-state index is 12.4. The molecule has 0 fully saturated rings. The van der Waals surface area contributed by atoms with E-state index in [-0.39, 0.29) is 17.8 Å². The number of phenols is 1. The first-order valence-electron chi connectivity index (χ1n) is 8.84. The summed E-state index contributed by atoms with van der Waals surface area (Å²) in [6.45, 7) is 4.51. The smallest absolute Gasteiger partial charge is 0.315 e. The van der Waals surface area contributed by atoms with Gasteiger partial charge in [0.2, 0.25) is 0 Å². The third-order valence-corrected chi connectivity index (χ3v) is 4.56. The summed E-state index contributed by atoms with van der Waals surface area (Å²) in [7, 11) is 4.00. The molecule has 0 aliphatic carbocycles. The quantitative estimate of drug-likeness (QED) is 0.715. The second kappa shape index (κ2) is 8.72. The maximum atomic E-state index is 12.4. The number of aromatic hydroxyl groups is 1. The average molecular weight is 355 g/mol. The number of hydrogen-bond donors (Lipinski definition) is 3. The van der Waals surface area contributed by atoms with Gasteiger partial charge in [-0.25, -0.2) is 4.79 Å². The summed E-state index contributed by atoms with van der Waals surface area (Å²) in [6, 6.07) is 17.1. The lowest BCUT2D eigenvalue weighted by atomic mass is 9.95. The molecule has 0 radical (unpaired) electrons. The fraction of sp³-hybridized carbons (Fsp3) is 0.381. The van der Waals surface area contributed by atoms with Gasteiger partial charge in [-0.05, 0) is 57.6 Å². The highest BCUT2D eigenvalue weighted by atomic mass is 16.3. The van der Waals surface area contributed by atoms with Gasteiger partial charge in [0.05, 0.1) is 5.54 Å². The molecule has 0 aliphatic rings. The summed E-state index contributed by atoms with van der Waals surface area (Å²) in [4.78, 5) is 14.5. The lowest BCUT2D eigenvalue weighted by molar-refractivity contribution is 0.222. The summed E-state index contributed by atoms with van der Waals surface area (Å²) in [6.07, 6.45) is 0.787. The zero-order valence-electron chi connectivity index (χ0n) is 16.0. The fourth-order valence-electron chi connectivity index (χ4n) is 2.81. The van der Waals surface area contributed by atoms with Crippen molar-refractivity contribution in [3.63, 3.8) is 0 Å². The molecule has 0 spiro atoms. The van der Waals surface area contributed by atoms with Crippen molar-refractivity contribution in [2.24, 2.45) is 0 Å². The molecule has 0 aromatic heterocycles. The number of carbonyl (C=O) groups excluding carboxylic acids is 1. The zero-order chi connectivity index (χ0) is 19.2. The number of amides is 2. The van der Waals surface area contributed by atoms with E-state index in [4.69, 9.17) is 0 Å². The Bertz CT molecular complexity index is 697. The number of carbonyl (C=O) groups is 1. The van der Waals surface area contributed by atoms with E-state index in [0.29, 0.717) is 6.54 Å². The van der Waals surface area contributed by atoms with E-state index < -0.39 is 5.54 Å². The Morgan fingerprint density at radius 2 is 1.69 bits per heavy atom. The van der Waals surface area contributed by atoms with E-state index in [0.717, 1.165) is 17.5 Å². The van der Waals surface area contributed by atoms with Crippen molar-refractivity contribution in [2.75, 3.05) is 20.6 Å². The first-order chi connectivity index (χ1) is 12.3. The van der Waals surface area contributed by atoms with Crippen LogP contribution in [-0.2, 0) is 12.0 Å². The third kappa shape index (κ3) is 5.77. The summed E-state index contributed by atoms with van der Waals surface area (Å²) in [5.74, 6) is 0.260. The predicted octanol–water partition coefficient (Wildman–Crippen LogP) is 3.10. The minimum Gasteiger partial charge on any atom is -0.508 e. The van der Waals surface area contributed by atoms with E-state index in [1.807, 2.05) is 70.4 Å². The van der Waals surface area contributed by atoms with Gasteiger partial charge >= 0.3 is 6.03 Å². The van der Waals surface area contributed by atoms with Crippen molar-refractivity contribution in [1.29, 1.82) is 0 Å². The fourth-order valence-corrected chi connectivity index (χ4v) is 2.81. The van der Waals surface area contributed by atoms with Crippen molar-refractivity contribution in [3.05, 3.63) is 65.7 Å². The first-order valence-corrected chi connectivity index (χ1v) is 8.84. The van der Waals surface area contributed by atoms with Crippen LogP contribution >= 0.6 is 0 Å². The van der Waals surface area contributed by atoms with E-state index in [2.05, 4.69) is 15.5 Å². The number of hydrogen-bond acceptors (Lipinski definition) is 3. The minimum atomic E-state index is -0.448. The highest BCUT2D eigenvalue weighted by Crippen LogP contribution is 2.19.